The molecule has 0 radical (unpaired) electrons. The van der Waals surface area contributed by atoms with Gasteiger partial charge in [-0.2, -0.15) is 0 Å². The molecule has 1 aromatic rings. The summed E-state index contributed by atoms with van der Waals surface area (Å²) in [5.74, 6) is -1.35. The van der Waals surface area contributed by atoms with Gasteiger partial charge in [-0.05, 0) is 29.9 Å². The van der Waals surface area contributed by atoms with Crippen molar-refractivity contribution in [2.24, 2.45) is 17.8 Å². The van der Waals surface area contributed by atoms with Crippen LogP contribution in [0.25, 0.3) is 6.08 Å². The van der Waals surface area contributed by atoms with Crippen molar-refractivity contribution in [3.63, 3.8) is 0 Å². The second kappa shape index (κ2) is 6.16. The van der Waals surface area contributed by atoms with E-state index in [0.717, 1.165) is 0 Å². The van der Waals surface area contributed by atoms with Gasteiger partial charge in [-0.3, -0.25) is 4.79 Å². The maximum atomic E-state index is 12.7. The number of carbonyl (C=O) groups is 1. The number of benzene rings is 1. The molecule has 1 heterocycles. The Labute approximate surface area is 159 Å². The highest BCUT2D eigenvalue weighted by Crippen LogP contribution is 2.59. The quantitative estimate of drug-likeness (QED) is 0.770. The van der Waals surface area contributed by atoms with Crippen molar-refractivity contribution in [2.75, 3.05) is 20.3 Å². The van der Waals surface area contributed by atoms with Crippen LogP contribution in [0.2, 0.25) is 0 Å². The van der Waals surface area contributed by atoms with E-state index >= 15 is 0 Å². The van der Waals surface area contributed by atoms with E-state index in [9.17, 15) is 9.90 Å². The molecule has 1 spiro atoms. The van der Waals surface area contributed by atoms with E-state index < -0.39 is 11.4 Å². The normalized spacial score (nSPS) is 38.7. The number of hydrogen-bond donors (Lipinski definition) is 1. The average molecular weight is 370 g/mol. The van der Waals surface area contributed by atoms with Crippen molar-refractivity contribution in [1.29, 1.82) is 0 Å². The minimum absolute atomic E-state index is 0.00272. The molecule has 5 rings (SSSR count). The Morgan fingerprint density at radius 2 is 2.00 bits per heavy atom. The second-order valence-electron chi connectivity index (χ2n) is 8.40. The smallest absolute Gasteiger partial charge is 0.309 e. The minimum Gasteiger partial charge on any atom is -0.469 e. The number of aliphatic hydroxyl groups is 1. The first kappa shape index (κ1) is 17.4. The van der Waals surface area contributed by atoms with Gasteiger partial charge in [0.2, 0.25) is 0 Å². The summed E-state index contributed by atoms with van der Waals surface area (Å²) < 4.78 is 17.0. The van der Waals surface area contributed by atoms with E-state index in [2.05, 4.69) is 24.3 Å². The van der Waals surface area contributed by atoms with Gasteiger partial charge in [-0.15, -0.1) is 0 Å². The van der Waals surface area contributed by atoms with E-state index in [4.69, 9.17) is 14.2 Å². The molecule has 5 atom stereocenters. The molecular weight excluding hydrogens is 344 g/mol. The Bertz CT molecular complexity index is 781. The zero-order valence-corrected chi connectivity index (χ0v) is 15.6. The molecule has 1 aromatic carbocycles. The van der Waals surface area contributed by atoms with Crippen LogP contribution in [0.4, 0.5) is 0 Å². The molecule has 0 amide bonds. The largest absolute Gasteiger partial charge is 0.469 e. The summed E-state index contributed by atoms with van der Waals surface area (Å²) in [4.78, 5) is 12.7. The highest BCUT2D eigenvalue weighted by Gasteiger charge is 2.62. The maximum absolute atomic E-state index is 12.7. The fraction of sp³-hybridized carbons (Fsp3) is 0.591. The highest BCUT2D eigenvalue weighted by molar-refractivity contribution is 5.74. The van der Waals surface area contributed by atoms with Crippen molar-refractivity contribution < 1.29 is 24.1 Å². The fourth-order valence-electron chi connectivity index (χ4n) is 6.03. The van der Waals surface area contributed by atoms with Crippen LogP contribution in [0.15, 0.2) is 30.3 Å². The lowest BCUT2D eigenvalue weighted by atomic mass is 9.51. The van der Waals surface area contributed by atoms with E-state index in [0.29, 0.717) is 38.9 Å². The average Bonchev–Trinajstić information content (AvgIpc) is 3.15. The molecule has 5 nitrogen and oxygen atoms in total. The number of rotatable bonds is 1. The number of ether oxygens (including phenoxy) is 3. The summed E-state index contributed by atoms with van der Waals surface area (Å²) in [5.41, 5.74) is 1.45. The van der Waals surface area contributed by atoms with Gasteiger partial charge in [0.25, 0.3) is 0 Å². The Kier molecular flexibility index (Phi) is 3.97. The van der Waals surface area contributed by atoms with Gasteiger partial charge in [0.05, 0.1) is 31.8 Å². The van der Waals surface area contributed by atoms with E-state index in [-0.39, 0.29) is 29.6 Å². The topological polar surface area (TPSA) is 65.0 Å². The van der Waals surface area contributed by atoms with Crippen LogP contribution in [0, 0.1) is 17.8 Å². The van der Waals surface area contributed by atoms with Gasteiger partial charge < -0.3 is 19.3 Å². The van der Waals surface area contributed by atoms with Crippen molar-refractivity contribution in [2.45, 2.75) is 43.0 Å². The van der Waals surface area contributed by atoms with Crippen LogP contribution in [0.1, 0.15) is 42.7 Å². The predicted molar refractivity (Wildman–Crippen MR) is 98.8 cm³/mol. The molecule has 0 aromatic heterocycles. The Morgan fingerprint density at radius 3 is 2.78 bits per heavy atom. The first-order valence-corrected chi connectivity index (χ1v) is 9.92. The van der Waals surface area contributed by atoms with Gasteiger partial charge in [0, 0.05) is 24.7 Å². The Hall–Kier alpha value is -1.69. The maximum Gasteiger partial charge on any atom is 0.309 e. The summed E-state index contributed by atoms with van der Waals surface area (Å²) >= 11 is 0. The zero-order valence-electron chi connectivity index (χ0n) is 15.6. The van der Waals surface area contributed by atoms with Crippen molar-refractivity contribution >= 4 is 12.0 Å². The van der Waals surface area contributed by atoms with E-state index in [1.165, 1.54) is 18.2 Å². The third kappa shape index (κ3) is 2.52. The van der Waals surface area contributed by atoms with Crippen LogP contribution in [0.5, 0.6) is 0 Å². The Morgan fingerprint density at radius 1 is 1.22 bits per heavy atom. The molecule has 1 N–H and O–H groups in total. The van der Waals surface area contributed by atoms with Gasteiger partial charge in [0.15, 0.2) is 5.79 Å². The molecule has 1 aliphatic heterocycles. The molecule has 5 heteroatoms. The first-order valence-electron chi connectivity index (χ1n) is 9.92. The number of esters is 1. The van der Waals surface area contributed by atoms with E-state index in [1.54, 1.807) is 0 Å². The van der Waals surface area contributed by atoms with Gasteiger partial charge in [-0.25, -0.2) is 0 Å². The van der Waals surface area contributed by atoms with Crippen molar-refractivity contribution in [3.05, 3.63) is 41.5 Å². The molecule has 0 unspecified atom stereocenters. The third-order valence-electron chi connectivity index (χ3n) is 7.28. The summed E-state index contributed by atoms with van der Waals surface area (Å²) in [7, 11) is 1.43. The zero-order chi connectivity index (χ0) is 18.6. The van der Waals surface area contributed by atoms with Crippen molar-refractivity contribution in [1.82, 2.24) is 0 Å². The summed E-state index contributed by atoms with van der Waals surface area (Å²) in [6, 6.07) is 8.29. The molecule has 144 valence electrons. The summed E-state index contributed by atoms with van der Waals surface area (Å²) in [5, 5.41) is 11.9. The molecule has 27 heavy (non-hydrogen) atoms. The van der Waals surface area contributed by atoms with Gasteiger partial charge in [0.1, 0.15) is 0 Å². The number of carbonyl (C=O) groups excluding carboxylic acids is 1. The van der Waals surface area contributed by atoms with Crippen LogP contribution in [-0.4, -0.2) is 42.8 Å². The standard InChI is InChI=1S/C22H26O5/c1-25-20(23)17-12-16-15-5-3-2-4-14(15)6-7-18(16)22(24)9-8-21(13-19(17)22)26-10-11-27-21/h2-7,16-19,24H,8-13H2,1H3/t16-,17+,18+,19-,22-/m0/s1. The Balaban J connectivity index is 1.57. The summed E-state index contributed by atoms with van der Waals surface area (Å²) in [6.45, 7) is 1.15. The third-order valence-corrected chi connectivity index (χ3v) is 7.28. The molecule has 4 aliphatic rings. The molecule has 1 saturated heterocycles. The SMILES string of the molecule is COC(=O)[C@@H]1C[C@H]2c3ccccc3C=C[C@H]2[C@@]2(O)CCC3(C[C@@H]12)OCCO3. The van der Waals surface area contributed by atoms with E-state index in [1.807, 2.05) is 12.1 Å². The molecule has 3 aliphatic carbocycles. The second-order valence-corrected chi connectivity index (χ2v) is 8.40. The van der Waals surface area contributed by atoms with Gasteiger partial charge in [-0.1, -0.05) is 36.4 Å². The summed E-state index contributed by atoms with van der Waals surface area (Å²) in [6.07, 6.45) is 6.73. The lowest BCUT2D eigenvalue weighted by Crippen LogP contribution is -2.61. The van der Waals surface area contributed by atoms with Crippen LogP contribution >= 0.6 is 0 Å². The van der Waals surface area contributed by atoms with Crippen LogP contribution in [-0.2, 0) is 19.0 Å². The van der Waals surface area contributed by atoms with Gasteiger partial charge >= 0.3 is 5.97 Å². The number of methoxy groups -OCH3 is 1. The number of hydrogen-bond acceptors (Lipinski definition) is 5. The molecular formula is C22H26O5. The fourth-order valence-corrected chi connectivity index (χ4v) is 6.03. The van der Waals surface area contributed by atoms with Crippen LogP contribution in [0.3, 0.4) is 0 Å². The van der Waals surface area contributed by atoms with Crippen molar-refractivity contribution in [3.8, 4) is 0 Å². The van der Waals surface area contributed by atoms with Crippen LogP contribution < -0.4 is 0 Å². The number of fused-ring (bicyclic) bond motifs is 5. The highest BCUT2D eigenvalue weighted by atomic mass is 16.7. The minimum atomic E-state index is -0.952. The predicted octanol–water partition coefficient (Wildman–Crippen LogP) is 2.88. The molecule has 0 bridgehead atoms. The molecule has 3 fully saturated rings. The lowest BCUT2D eigenvalue weighted by molar-refractivity contribution is -0.248. The molecule has 2 saturated carbocycles. The monoisotopic (exact) mass is 370 g/mol. The first-order chi connectivity index (χ1) is 13.1. The lowest BCUT2D eigenvalue weighted by Gasteiger charge is -2.57.